The number of aromatic nitrogens is 1. The molecule has 0 aliphatic rings. The predicted octanol–water partition coefficient (Wildman–Crippen LogP) is 2.16. The standard InChI is InChI=1S/C15H16N2O4/c1-8-5-4-6-11(10(8)3)13(15(19)20)16-14(18)12-7-9(2)21-17-12/h4-7,13H,1-3H3,(H,16,18)(H,19,20). The van der Waals surface area contributed by atoms with Crippen molar-refractivity contribution in [2.75, 3.05) is 0 Å². The molecule has 0 saturated carbocycles. The van der Waals surface area contributed by atoms with Gasteiger partial charge in [-0.25, -0.2) is 4.79 Å². The van der Waals surface area contributed by atoms with E-state index in [1.807, 2.05) is 19.9 Å². The van der Waals surface area contributed by atoms with Crippen molar-refractivity contribution >= 4 is 11.9 Å². The van der Waals surface area contributed by atoms with Gasteiger partial charge in [-0.15, -0.1) is 0 Å². The molecule has 6 heteroatoms. The summed E-state index contributed by atoms with van der Waals surface area (Å²) in [5.74, 6) is -1.23. The summed E-state index contributed by atoms with van der Waals surface area (Å²) in [6, 6.07) is 5.67. The first kappa shape index (κ1) is 14.8. The Morgan fingerprint density at radius 2 is 2.00 bits per heavy atom. The number of nitrogens with one attached hydrogen (secondary N) is 1. The van der Waals surface area contributed by atoms with E-state index in [1.165, 1.54) is 6.07 Å². The lowest BCUT2D eigenvalue weighted by Crippen LogP contribution is -2.34. The highest BCUT2D eigenvalue weighted by Gasteiger charge is 2.25. The first-order valence-electron chi connectivity index (χ1n) is 6.43. The highest BCUT2D eigenvalue weighted by Crippen LogP contribution is 2.21. The lowest BCUT2D eigenvalue weighted by Gasteiger charge is -2.17. The fourth-order valence-corrected chi connectivity index (χ4v) is 2.04. The number of carbonyl (C=O) groups excluding carboxylic acids is 1. The van der Waals surface area contributed by atoms with Crippen molar-refractivity contribution in [3.8, 4) is 0 Å². The van der Waals surface area contributed by atoms with Gasteiger partial charge in [-0.2, -0.15) is 0 Å². The van der Waals surface area contributed by atoms with Crippen molar-refractivity contribution in [3.05, 3.63) is 52.4 Å². The Morgan fingerprint density at radius 1 is 1.29 bits per heavy atom. The molecular weight excluding hydrogens is 272 g/mol. The number of amides is 1. The van der Waals surface area contributed by atoms with Gasteiger partial charge in [-0.1, -0.05) is 23.4 Å². The van der Waals surface area contributed by atoms with Crippen LogP contribution in [0.25, 0.3) is 0 Å². The summed E-state index contributed by atoms with van der Waals surface area (Å²) in [7, 11) is 0. The van der Waals surface area contributed by atoms with E-state index in [9.17, 15) is 14.7 Å². The number of hydrogen-bond acceptors (Lipinski definition) is 4. The van der Waals surface area contributed by atoms with Crippen LogP contribution in [0.5, 0.6) is 0 Å². The van der Waals surface area contributed by atoms with Gasteiger partial charge < -0.3 is 14.9 Å². The second-order valence-corrected chi connectivity index (χ2v) is 4.86. The van der Waals surface area contributed by atoms with Gasteiger partial charge in [0.1, 0.15) is 5.76 Å². The van der Waals surface area contributed by atoms with Gasteiger partial charge in [0.05, 0.1) is 0 Å². The molecular formula is C15H16N2O4. The summed E-state index contributed by atoms with van der Waals surface area (Å²) in [5, 5.41) is 15.4. The van der Waals surface area contributed by atoms with E-state index in [-0.39, 0.29) is 5.69 Å². The predicted molar refractivity (Wildman–Crippen MR) is 75.0 cm³/mol. The molecule has 1 amide bonds. The molecule has 0 saturated heterocycles. The van der Waals surface area contributed by atoms with Crippen LogP contribution >= 0.6 is 0 Å². The molecule has 0 aliphatic heterocycles. The SMILES string of the molecule is Cc1cc(C(=O)NC(C(=O)O)c2cccc(C)c2C)no1. The Hall–Kier alpha value is -2.63. The number of carbonyl (C=O) groups is 2. The molecule has 0 fully saturated rings. The number of aryl methyl sites for hydroxylation is 2. The maximum atomic E-state index is 12.0. The minimum atomic E-state index is -1.13. The van der Waals surface area contributed by atoms with Crippen LogP contribution in [0, 0.1) is 20.8 Å². The van der Waals surface area contributed by atoms with Crippen LogP contribution in [0.15, 0.2) is 28.8 Å². The van der Waals surface area contributed by atoms with Gasteiger partial charge in [0.2, 0.25) is 0 Å². The van der Waals surface area contributed by atoms with Crippen molar-refractivity contribution in [1.82, 2.24) is 10.5 Å². The molecule has 1 heterocycles. The fourth-order valence-electron chi connectivity index (χ4n) is 2.04. The number of carboxylic acids is 1. The van der Waals surface area contributed by atoms with E-state index in [1.54, 1.807) is 19.1 Å². The summed E-state index contributed by atoms with van der Waals surface area (Å²) in [6.07, 6.45) is 0. The molecule has 0 radical (unpaired) electrons. The Labute approximate surface area is 121 Å². The molecule has 2 N–H and O–H groups in total. The van der Waals surface area contributed by atoms with E-state index in [0.717, 1.165) is 11.1 Å². The zero-order chi connectivity index (χ0) is 15.6. The summed E-state index contributed by atoms with van der Waals surface area (Å²) in [6.45, 7) is 5.37. The van der Waals surface area contributed by atoms with Crippen molar-refractivity contribution in [1.29, 1.82) is 0 Å². The third-order valence-corrected chi connectivity index (χ3v) is 3.34. The molecule has 0 aliphatic carbocycles. The number of hydrogen-bond donors (Lipinski definition) is 2. The lowest BCUT2D eigenvalue weighted by molar-refractivity contribution is -0.139. The first-order chi connectivity index (χ1) is 9.90. The van der Waals surface area contributed by atoms with Crippen LogP contribution in [0.3, 0.4) is 0 Å². The van der Waals surface area contributed by atoms with Crippen LogP contribution in [-0.4, -0.2) is 22.1 Å². The molecule has 2 rings (SSSR count). The van der Waals surface area contributed by atoms with Gasteiger partial charge in [0.15, 0.2) is 11.7 Å². The molecule has 1 atom stereocenters. The molecule has 21 heavy (non-hydrogen) atoms. The molecule has 1 aromatic heterocycles. The summed E-state index contributed by atoms with van der Waals surface area (Å²) < 4.78 is 4.82. The molecule has 6 nitrogen and oxygen atoms in total. The van der Waals surface area contributed by atoms with Gasteiger partial charge >= 0.3 is 5.97 Å². The number of carboxylic acid groups (broad SMARTS) is 1. The zero-order valence-electron chi connectivity index (χ0n) is 12.0. The largest absolute Gasteiger partial charge is 0.479 e. The maximum absolute atomic E-state index is 12.0. The highest BCUT2D eigenvalue weighted by atomic mass is 16.5. The van der Waals surface area contributed by atoms with Crippen LogP contribution < -0.4 is 5.32 Å². The summed E-state index contributed by atoms with van der Waals surface area (Å²) in [4.78, 5) is 23.5. The van der Waals surface area contributed by atoms with Crippen LogP contribution in [0.4, 0.5) is 0 Å². The van der Waals surface area contributed by atoms with E-state index in [2.05, 4.69) is 10.5 Å². The minimum Gasteiger partial charge on any atom is -0.479 e. The zero-order valence-corrected chi connectivity index (χ0v) is 12.0. The highest BCUT2D eigenvalue weighted by molar-refractivity contribution is 5.95. The number of rotatable bonds is 4. The summed E-state index contributed by atoms with van der Waals surface area (Å²) >= 11 is 0. The number of benzene rings is 1. The molecule has 0 bridgehead atoms. The topological polar surface area (TPSA) is 92.4 Å². The first-order valence-corrected chi connectivity index (χ1v) is 6.43. The quantitative estimate of drug-likeness (QED) is 0.899. The second-order valence-electron chi connectivity index (χ2n) is 4.86. The average Bonchev–Trinajstić information content (AvgIpc) is 2.86. The second kappa shape index (κ2) is 5.78. The third kappa shape index (κ3) is 3.10. The van der Waals surface area contributed by atoms with E-state index in [0.29, 0.717) is 11.3 Å². The van der Waals surface area contributed by atoms with E-state index >= 15 is 0 Å². The third-order valence-electron chi connectivity index (χ3n) is 3.34. The van der Waals surface area contributed by atoms with Gasteiger partial charge in [0.25, 0.3) is 5.91 Å². The monoisotopic (exact) mass is 288 g/mol. The van der Waals surface area contributed by atoms with Crippen molar-refractivity contribution in [2.45, 2.75) is 26.8 Å². The Morgan fingerprint density at radius 3 is 2.57 bits per heavy atom. The Bertz CT molecular complexity index is 691. The summed E-state index contributed by atoms with van der Waals surface area (Å²) in [5.41, 5.74) is 2.41. The lowest BCUT2D eigenvalue weighted by atomic mass is 9.97. The molecule has 2 aromatic rings. The number of nitrogens with zero attached hydrogens (tertiary/aromatic N) is 1. The van der Waals surface area contributed by atoms with Gasteiger partial charge in [-0.3, -0.25) is 4.79 Å². The maximum Gasteiger partial charge on any atom is 0.330 e. The minimum absolute atomic E-state index is 0.0593. The molecule has 110 valence electrons. The van der Waals surface area contributed by atoms with Crippen molar-refractivity contribution < 1.29 is 19.2 Å². The average molecular weight is 288 g/mol. The molecule has 1 aromatic carbocycles. The van der Waals surface area contributed by atoms with Crippen molar-refractivity contribution in [3.63, 3.8) is 0 Å². The van der Waals surface area contributed by atoms with Crippen molar-refractivity contribution in [2.24, 2.45) is 0 Å². The molecule has 0 spiro atoms. The van der Waals surface area contributed by atoms with Crippen LogP contribution in [0.1, 0.15) is 39.0 Å². The van der Waals surface area contributed by atoms with Gasteiger partial charge in [0, 0.05) is 6.07 Å². The van der Waals surface area contributed by atoms with Crippen LogP contribution in [-0.2, 0) is 4.79 Å². The fraction of sp³-hybridized carbons (Fsp3) is 0.267. The number of aliphatic carboxylic acids is 1. The Kier molecular flexibility index (Phi) is 4.07. The van der Waals surface area contributed by atoms with Gasteiger partial charge in [-0.05, 0) is 37.5 Å². The Balaban J connectivity index is 2.30. The smallest absolute Gasteiger partial charge is 0.330 e. The normalized spacial score (nSPS) is 12.0. The van der Waals surface area contributed by atoms with E-state index < -0.39 is 17.9 Å². The van der Waals surface area contributed by atoms with E-state index in [4.69, 9.17) is 4.52 Å². The molecule has 1 unspecified atom stereocenters. The van der Waals surface area contributed by atoms with Crippen LogP contribution in [0.2, 0.25) is 0 Å².